The van der Waals surface area contributed by atoms with E-state index in [-0.39, 0.29) is 24.7 Å². The molecule has 0 spiro atoms. The zero-order valence-corrected chi connectivity index (χ0v) is 11.4. The van der Waals surface area contributed by atoms with Crippen molar-refractivity contribution < 1.29 is 9.84 Å². The number of nitrogens with zero attached hydrogens (tertiary/aromatic N) is 4. The van der Waals surface area contributed by atoms with E-state index in [1.807, 2.05) is 13.8 Å². The minimum atomic E-state index is -0.00429. The first-order valence-corrected chi connectivity index (χ1v) is 6.62. The zero-order chi connectivity index (χ0) is 13.8. The summed E-state index contributed by atoms with van der Waals surface area (Å²) in [5, 5.41) is 8.97. The monoisotopic (exact) mass is 267 g/mol. The summed E-state index contributed by atoms with van der Waals surface area (Å²) in [4.78, 5) is 14.5. The van der Waals surface area contributed by atoms with Crippen LogP contribution in [0.2, 0.25) is 0 Å². The summed E-state index contributed by atoms with van der Waals surface area (Å²) in [5.41, 5.74) is 5.69. The van der Waals surface area contributed by atoms with Gasteiger partial charge >= 0.3 is 6.01 Å². The first-order valence-electron chi connectivity index (χ1n) is 6.62. The Kier molecular flexibility index (Phi) is 4.36. The molecule has 1 unspecified atom stereocenters. The first-order chi connectivity index (χ1) is 9.08. The number of anilines is 2. The third kappa shape index (κ3) is 3.66. The van der Waals surface area contributed by atoms with Gasteiger partial charge in [0.2, 0.25) is 11.9 Å². The molecule has 1 fully saturated rings. The van der Waals surface area contributed by atoms with E-state index >= 15 is 0 Å². The molecule has 0 aliphatic carbocycles. The van der Waals surface area contributed by atoms with Crippen LogP contribution in [0.5, 0.6) is 6.01 Å². The zero-order valence-electron chi connectivity index (χ0n) is 11.4. The largest absolute Gasteiger partial charge is 0.461 e. The fraction of sp³-hybridized carbons (Fsp3) is 0.750. The smallest absolute Gasteiger partial charge is 0.323 e. The highest BCUT2D eigenvalue weighted by Crippen LogP contribution is 2.24. The maximum absolute atomic E-state index is 8.97. The van der Waals surface area contributed by atoms with E-state index in [2.05, 4.69) is 19.9 Å². The number of hydrogen-bond donors (Lipinski definition) is 2. The third-order valence-electron chi connectivity index (χ3n) is 3.07. The summed E-state index contributed by atoms with van der Waals surface area (Å²) < 4.78 is 5.46. The summed E-state index contributed by atoms with van der Waals surface area (Å²) >= 11 is 0. The Morgan fingerprint density at radius 1 is 1.42 bits per heavy atom. The lowest BCUT2D eigenvalue weighted by molar-refractivity contribution is 0.222. The number of nitrogens with two attached hydrogens (primary N) is 1. The van der Waals surface area contributed by atoms with Crippen LogP contribution in [0, 0.1) is 5.92 Å². The fourth-order valence-electron chi connectivity index (χ4n) is 2.20. The molecular formula is C12H21N5O2. The minimum Gasteiger partial charge on any atom is -0.461 e. The second-order valence-corrected chi connectivity index (χ2v) is 5.06. The van der Waals surface area contributed by atoms with Gasteiger partial charge in [-0.1, -0.05) is 0 Å². The molecule has 3 N–H and O–H groups in total. The van der Waals surface area contributed by atoms with Gasteiger partial charge in [0.25, 0.3) is 0 Å². The number of aliphatic hydroxyl groups is 1. The van der Waals surface area contributed by atoms with Gasteiger partial charge in [-0.2, -0.15) is 15.0 Å². The number of ether oxygens (including phenoxy) is 1. The molecule has 0 radical (unpaired) electrons. The molecule has 19 heavy (non-hydrogen) atoms. The summed E-state index contributed by atoms with van der Waals surface area (Å²) in [5.74, 6) is 1.22. The van der Waals surface area contributed by atoms with E-state index in [9.17, 15) is 0 Å². The molecule has 0 amide bonds. The number of rotatable bonds is 5. The Morgan fingerprint density at radius 3 is 2.89 bits per heavy atom. The Bertz CT molecular complexity index is 427. The molecule has 1 aliphatic heterocycles. The number of nitrogen functional groups attached to an aromatic ring is 1. The van der Waals surface area contributed by atoms with Crippen LogP contribution in [0.1, 0.15) is 26.7 Å². The van der Waals surface area contributed by atoms with Crippen LogP contribution in [0.4, 0.5) is 11.9 Å². The molecule has 0 aromatic carbocycles. The van der Waals surface area contributed by atoms with E-state index in [4.69, 9.17) is 15.6 Å². The molecular weight excluding hydrogens is 246 g/mol. The van der Waals surface area contributed by atoms with Crippen molar-refractivity contribution in [2.75, 3.05) is 30.3 Å². The van der Waals surface area contributed by atoms with Crippen LogP contribution in [0.25, 0.3) is 0 Å². The Balaban J connectivity index is 2.09. The minimum absolute atomic E-state index is 0.00429. The molecule has 1 aromatic rings. The van der Waals surface area contributed by atoms with Crippen LogP contribution in [-0.2, 0) is 0 Å². The Hall–Kier alpha value is -1.63. The van der Waals surface area contributed by atoms with Crippen LogP contribution >= 0.6 is 0 Å². The van der Waals surface area contributed by atoms with E-state index in [1.165, 1.54) is 0 Å². The molecule has 1 aliphatic rings. The molecule has 2 rings (SSSR count). The first kappa shape index (κ1) is 13.8. The predicted octanol–water partition coefficient (Wildman–Crippen LogP) is 0.450. The average Bonchev–Trinajstić information content (AvgIpc) is 2.76. The Labute approximate surface area is 112 Å². The van der Waals surface area contributed by atoms with Crippen molar-refractivity contribution in [1.82, 2.24) is 15.0 Å². The molecule has 1 atom stereocenters. The number of hydrogen-bond acceptors (Lipinski definition) is 7. The van der Waals surface area contributed by atoms with Crippen molar-refractivity contribution in [2.24, 2.45) is 5.92 Å². The summed E-state index contributed by atoms with van der Waals surface area (Å²) in [7, 11) is 0. The third-order valence-corrected chi connectivity index (χ3v) is 3.07. The van der Waals surface area contributed by atoms with Gasteiger partial charge in [-0.15, -0.1) is 0 Å². The SMILES string of the molecule is CC(C)Oc1nc(N)nc(N2CCC(CCO)C2)n1. The van der Waals surface area contributed by atoms with Crippen LogP contribution in [0.15, 0.2) is 0 Å². The molecule has 1 aromatic heterocycles. The lowest BCUT2D eigenvalue weighted by Gasteiger charge is -2.17. The van der Waals surface area contributed by atoms with E-state index in [1.54, 1.807) is 0 Å². The molecule has 0 bridgehead atoms. The van der Waals surface area contributed by atoms with Crippen molar-refractivity contribution in [3.63, 3.8) is 0 Å². The van der Waals surface area contributed by atoms with Gasteiger partial charge in [-0.3, -0.25) is 0 Å². The van der Waals surface area contributed by atoms with Crippen LogP contribution < -0.4 is 15.4 Å². The average molecular weight is 267 g/mol. The van der Waals surface area contributed by atoms with Crippen LogP contribution in [-0.4, -0.2) is 45.9 Å². The standard InChI is InChI=1S/C12H21N5O2/c1-8(2)19-12-15-10(13)14-11(16-12)17-5-3-9(7-17)4-6-18/h8-9,18H,3-7H2,1-2H3,(H2,13,14,15,16). The molecule has 0 saturated carbocycles. The molecule has 2 heterocycles. The van der Waals surface area contributed by atoms with Gasteiger partial charge in [-0.25, -0.2) is 0 Å². The lowest BCUT2D eigenvalue weighted by Crippen LogP contribution is -2.24. The van der Waals surface area contributed by atoms with Crippen LogP contribution in [0.3, 0.4) is 0 Å². The molecule has 106 valence electrons. The second kappa shape index (κ2) is 6.01. The fourth-order valence-corrected chi connectivity index (χ4v) is 2.20. The highest BCUT2D eigenvalue weighted by Gasteiger charge is 2.25. The summed E-state index contributed by atoms with van der Waals surface area (Å²) in [6.07, 6.45) is 1.84. The second-order valence-electron chi connectivity index (χ2n) is 5.06. The van der Waals surface area contributed by atoms with Crippen molar-refractivity contribution in [1.29, 1.82) is 0 Å². The van der Waals surface area contributed by atoms with E-state index in [0.29, 0.717) is 11.9 Å². The quantitative estimate of drug-likeness (QED) is 0.799. The number of aromatic nitrogens is 3. The van der Waals surface area contributed by atoms with E-state index in [0.717, 1.165) is 25.9 Å². The predicted molar refractivity (Wildman–Crippen MR) is 72.0 cm³/mol. The van der Waals surface area contributed by atoms with E-state index < -0.39 is 0 Å². The van der Waals surface area contributed by atoms with Gasteiger partial charge in [-0.05, 0) is 32.6 Å². The van der Waals surface area contributed by atoms with Crippen molar-refractivity contribution >= 4 is 11.9 Å². The summed E-state index contributed by atoms with van der Waals surface area (Å²) in [6, 6.07) is 0.267. The van der Waals surface area contributed by atoms with Crippen molar-refractivity contribution in [3.05, 3.63) is 0 Å². The molecule has 1 saturated heterocycles. The lowest BCUT2D eigenvalue weighted by atomic mass is 10.1. The van der Waals surface area contributed by atoms with Gasteiger partial charge < -0.3 is 20.5 Å². The highest BCUT2D eigenvalue weighted by molar-refractivity contribution is 5.37. The number of aliphatic hydroxyl groups excluding tert-OH is 1. The van der Waals surface area contributed by atoms with Gasteiger partial charge in [0.1, 0.15) is 0 Å². The van der Waals surface area contributed by atoms with Gasteiger partial charge in [0.05, 0.1) is 6.10 Å². The topological polar surface area (TPSA) is 97.4 Å². The Morgan fingerprint density at radius 2 is 2.21 bits per heavy atom. The van der Waals surface area contributed by atoms with Gasteiger partial charge in [0.15, 0.2) is 0 Å². The van der Waals surface area contributed by atoms with Gasteiger partial charge in [0, 0.05) is 19.7 Å². The highest BCUT2D eigenvalue weighted by atomic mass is 16.5. The normalized spacial score (nSPS) is 19.2. The molecule has 7 nitrogen and oxygen atoms in total. The summed E-state index contributed by atoms with van der Waals surface area (Å²) in [6.45, 7) is 5.75. The maximum Gasteiger partial charge on any atom is 0.323 e. The maximum atomic E-state index is 8.97. The van der Waals surface area contributed by atoms with Crippen molar-refractivity contribution in [2.45, 2.75) is 32.8 Å². The van der Waals surface area contributed by atoms with Crippen molar-refractivity contribution in [3.8, 4) is 6.01 Å². The molecule has 7 heteroatoms.